The zero-order valence-corrected chi connectivity index (χ0v) is 14.0. The van der Waals surface area contributed by atoms with Crippen LogP contribution in [0.25, 0.3) is 6.08 Å². The first-order valence-corrected chi connectivity index (χ1v) is 7.93. The van der Waals surface area contributed by atoms with Crippen molar-refractivity contribution in [3.63, 3.8) is 0 Å². The predicted molar refractivity (Wildman–Crippen MR) is 96.2 cm³/mol. The molecule has 0 aromatic heterocycles. The summed E-state index contributed by atoms with van der Waals surface area (Å²) in [5.41, 5.74) is 3.46. The van der Waals surface area contributed by atoms with E-state index in [1.54, 1.807) is 13.2 Å². The Morgan fingerprint density at radius 3 is 2.54 bits per heavy atom. The van der Waals surface area contributed by atoms with Crippen LogP contribution < -0.4 is 10.1 Å². The van der Waals surface area contributed by atoms with Gasteiger partial charge in [-0.2, -0.15) is 0 Å². The Morgan fingerprint density at radius 1 is 1.12 bits per heavy atom. The molecule has 2 aromatic carbocycles. The third-order valence-corrected chi connectivity index (χ3v) is 3.95. The SMILES string of the molecule is COc1cccc(C2=N/C(=C/c3ccc(C(C)C)cc3)C(=O)N2)c1. The van der Waals surface area contributed by atoms with Crippen molar-refractivity contribution in [2.75, 3.05) is 7.11 Å². The minimum Gasteiger partial charge on any atom is -0.497 e. The van der Waals surface area contributed by atoms with Crippen LogP contribution in [-0.4, -0.2) is 18.9 Å². The molecule has 0 saturated heterocycles. The number of rotatable bonds is 4. The van der Waals surface area contributed by atoms with Gasteiger partial charge in [-0.05, 0) is 35.3 Å². The van der Waals surface area contributed by atoms with E-state index in [2.05, 4.69) is 36.3 Å². The Bertz CT molecular complexity index is 818. The monoisotopic (exact) mass is 320 g/mol. The number of amidine groups is 1. The van der Waals surface area contributed by atoms with Gasteiger partial charge in [-0.25, -0.2) is 4.99 Å². The van der Waals surface area contributed by atoms with Gasteiger partial charge in [0.05, 0.1) is 7.11 Å². The van der Waals surface area contributed by atoms with Crippen LogP contribution in [0.15, 0.2) is 59.2 Å². The standard InChI is InChI=1S/C20H20N2O2/c1-13(2)15-9-7-14(8-10-15)11-18-20(23)22-19(21-18)16-5-4-6-17(12-16)24-3/h4-13H,1-3H3,(H,21,22,23)/b18-11+. The van der Waals surface area contributed by atoms with Gasteiger partial charge in [0.2, 0.25) is 0 Å². The summed E-state index contributed by atoms with van der Waals surface area (Å²) in [7, 11) is 1.61. The summed E-state index contributed by atoms with van der Waals surface area (Å²) >= 11 is 0. The van der Waals surface area contributed by atoms with Gasteiger partial charge in [0, 0.05) is 5.56 Å². The number of hydrogen-bond acceptors (Lipinski definition) is 3. The van der Waals surface area contributed by atoms with Crippen molar-refractivity contribution in [2.24, 2.45) is 4.99 Å². The summed E-state index contributed by atoms with van der Waals surface area (Å²) in [5, 5.41) is 2.81. The summed E-state index contributed by atoms with van der Waals surface area (Å²) in [4.78, 5) is 16.6. The Kier molecular flexibility index (Phi) is 4.47. The molecule has 1 heterocycles. The van der Waals surface area contributed by atoms with Gasteiger partial charge in [-0.1, -0.05) is 50.2 Å². The Morgan fingerprint density at radius 2 is 1.88 bits per heavy atom. The summed E-state index contributed by atoms with van der Waals surface area (Å²) in [5.74, 6) is 1.56. The lowest BCUT2D eigenvalue weighted by Crippen LogP contribution is -2.24. The van der Waals surface area contributed by atoms with E-state index in [1.165, 1.54) is 5.56 Å². The predicted octanol–water partition coefficient (Wildman–Crippen LogP) is 3.74. The number of aliphatic imine (C=N–C) groups is 1. The van der Waals surface area contributed by atoms with Crippen LogP contribution in [0.1, 0.15) is 36.5 Å². The smallest absolute Gasteiger partial charge is 0.275 e. The first-order chi connectivity index (χ1) is 11.6. The summed E-state index contributed by atoms with van der Waals surface area (Å²) in [6.07, 6.45) is 1.80. The highest BCUT2D eigenvalue weighted by molar-refractivity contribution is 6.19. The lowest BCUT2D eigenvalue weighted by atomic mass is 10.0. The first kappa shape index (κ1) is 16.0. The molecule has 1 amide bonds. The molecule has 0 fully saturated rings. The molecule has 4 heteroatoms. The minimum atomic E-state index is -0.194. The molecule has 0 radical (unpaired) electrons. The number of ether oxygens (including phenoxy) is 1. The topological polar surface area (TPSA) is 50.7 Å². The number of carbonyl (C=O) groups is 1. The van der Waals surface area contributed by atoms with Crippen LogP contribution >= 0.6 is 0 Å². The van der Waals surface area contributed by atoms with Gasteiger partial charge >= 0.3 is 0 Å². The van der Waals surface area contributed by atoms with Crippen LogP contribution in [0.5, 0.6) is 5.75 Å². The lowest BCUT2D eigenvalue weighted by molar-refractivity contribution is -0.115. The summed E-state index contributed by atoms with van der Waals surface area (Å²) in [6.45, 7) is 4.31. The molecule has 0 atom stereocenters. The number of benzene rings is 2. The zero-order chi connectivity index (χ0) is 17.1. The molecule has 1 aliphatic rings. The normalized spacial score (nSPS) is 15.6. The van der Waals surface area contributed by atoms with Crippen LogP contribution in [0, 0.1) is 0 Å². The maximum atomic E-state index is 12.2. The highest BCUT2D eigenvalue weighted by Crippen LogP contribution is 2.20. The maximum Gasteiger partial charge on any atom is 0.275 e. The number of methoxy groups -OCH3 is 1. The Hall–Kier alpha value is -2.88. The van der Waals surface area contributed by atoms with E-state index in [0.29, 0.717) is 17.5 Å². The molecule has 1 aliphatic heterocycles. The maximum absolute atomic E-state index is 12.2. The summed E-state index contributed by atoms with van der Waals surface area (Å²) < 4.78 is 5.21. The molecule has 3 rings (SSSR count). The van der Waals surface area contributed by atoms with Crippen LogP contribution in [-0.2, 0) is 4.79 Å². The zero-order valence-electron chi connectivity index (χ0n) is 14.0. The average molecular weight is 320 g/mol. The van der Waals surface area contributed by atoms with Crippen molar-refractivity contribution in [2.45, 2.75) is 19.8 Å². The molecule has 0 spiro atoms. The van der Waals surface area contributed by atoms with E-state index in [1.807, 2.05) is 36.4 Å². The third kappa shape index (κ3) is 3.38. The molecule has 24 heavy (non-hydrogen) atoms. The van der Waals surface area contributed by atoms with Crippen LogP contribution in [0.3, 0.4) is 0 Å². The highest BCUT2D eigenvalue weighted by atomic mass is 16.5. The largest absolute Gasteiger partial charge is 0.497 e. The second-order valence-electron chi connectivity index (χ2n) is 6.00. The Balaban J connectivity index is 1.88. The summed E-state index contributed by atoms with van der Waals surface area (Å²) in [6, 6.07) is 15.6. The molecule has 0 unspecified atom stereocenters. The number of nitrogens with zero attached hydrogens (tertiary/aromatic N) is 1. The fourth-order valence-corrected chi connectivity index (χ4v) is 2.51. The first-order valence-electron chi connectivity index (χ1n) is 7.93. The molecule has 4 nitrogen and oxygen atoms in total. The Labute approximate surface area is 141 Å². The van der Waals surface area contributed by atoms with Gasteiger partial charge in [0.25, 0.3) is 5.91 Å². The molecule has 2 aromatic rings. The molecule has 1 N–H and O–H groups in total. The van der Waals surface area contributed by atoms with Crippen LogP contribution in [0.4, 0.5) is 0 Å². The highest BCUT2D eigenvalue weighted by Gasteiger charge is 2.21. The number of carbonyl (C=O) groups excluding carboxylic acids is 1. The van der Waals surface area contributed by atoms with E-state index >= 15 is 0 Å². The number of nitrogens with one attached hydrogen (secondary N) is 1. The molecule has 122 valence electrons. The minimum absolute atomic E-state index is 0.194. The van der Waals surface area contributed by atoms with Gasteiger partial charge in [0.1, 0.15) is 17.3 Å². The van der Waals surface area contributed by atoms with Gasteiger partial charge in [-0.15, -0.1) is 0 Å². The molecule has 0 saturated carbocycles. The lowest BCUT2D eigenvalue weighted by Gasteiger charge is -2.04. The molecular formula is C20H20N2O2. The molecule has 0 bridgehead atoms. The van der Waals surface area contributed by atoms with Crippen molar-refractivity contribution < 1.29 is 9.53 Å². The van der Waals surface area contributed by atoms with Gasteiger partial charge < -0.3 is 10.1 Å². The third-order valence-electron chi connectivity index (χ3n) is 3.95. The van der Waals surface area contributed by atoms with Gasteiger partial charge in [0.15, 0.2) is 0 Å². The fourth-order valence-electron chi connectivity index (χ4n) is 2.51. The van der Waals surface area contributed by atoms with Crippen molar-refractivity contribution in [3.8, 4) is 5.75 Å². The number of amides is 1. The molecular weight excluding hydrogens is 300 g/mol. The number of hydrogen-bond donors (Lipinski definition) is 1. The van der Waals surface area contributed by atoms with E-state index in [4.69, 9.17) is 4.74 Å². The van der Waals surface area contributed by atoms with Crippen LogP contribution in [0.2, 0.25) is 0 Å². The fraction of sp³-hybridized carbons (Fsp3) is 0.200. The van der Waals surface area contributed by atoms with E-state index < -0.39 is 0 Å². The van der Waals surface area contributed by atoms with Crippen molar-refractivity contribution in [3.05, 3.63) is 70.9 Å². The van der Waals surface area contributed by atoms with Crippen molar-refractivity contribution in [1.29, 1.82) is 0 Å². The van der Waals surface area contributed by atoms with E-state index in [9.17, 15) is 4.79 Å². The second-order valence-corrected chi connectivity index (χ2v) is 6.00. The quantitative estimate of drug-likeness (QED) is 0.873. The van der Waals surface area contributed by atoms with Gasteiger partial charge in [-0.3, -0.25) is 4.79 Å². The second kappa shape index (κ2) is 6.71. The van der Waals surface area contributed by atoms with Crippen molar-refractivity contribution in [1.82, 2.24) is 5.32 Å². The van der Waals surface area contributed by atoms with E-state index in [-0.39, 0.29) is 5.91 Å². The average Bonchev–Trinajstić information content (AvgIpc) is 2.96. The molecule has 0 aliphatic carbocycles. The van der Waals surface area contributed by atoms with Crippen molar-refractivity contribution >= 4 is 17.8 Å². The van der Waals surface area contributed by atoms with E-state index in [0.717, 1.165) is 16.9 Å².